The van der Waals surface area contributed by atoms with E-state index in [2.05, 4.69) is 0 Å². The number of hydrogen-bond donors (Lipinski definition) is 0. The molecule has 0 amide bonds. The number of nitrogens with zero attached hydrogens (tertiary/aromatic N) is 2. The van der Waals surface area contributed by atoms with Crippen LogP contribution in [0.15, 0.2) is 23.1 Å². The molecule has 0 radical (unpaired) electrons. The van der Waals surface area contributed by atoms with Crippen LogP contribution in [0.3, 0.4) is 0 Å². The van der Waals surface area contributed by atoms with Gasteiger partial charge in [0.15, 0.2) is 0 Å². The number of rotatable bonds is 2. The van der Waals surface area contributed by atoms with Crippen LogP contribution >= 0.6 is 0 Å². The molecule has 4 nitrogen and oxygen atoms in total. The lowest BCUT2D eigenvalue weighted by molar-refractivity contribution is 0.476. The van der Waals surface area contributed by atoms with Gasteiger partial charge < -0.3 is 0 Å². The minimum absolute atomic E-state index is 0.234. The predicted molar refractivity (Wildman–Crippen MR) is 59.1 cm³/mol. The Balaban J connectivity index is 2.54. The van der Waals surface area contributed by atoms with Crippen LogP contribution in [-0.2, 0) is 10.0 Å². The van der Waals surface area contributed by atoms with E-state index >= 15 is 0 Å². The van der Waals surface area contributed by atoms with Gasteiger partial charge in [-0.3, -0.25) is 0 Å². The average molecular weight is 254 g/mol. The molecule has 0 atom stereocenters. The Labute approximate surface area is 99.3 Å². The molecular weight excluding hydrogens is 243 g/mol. The maximum atomic E-state index is 13.4. The fourth-order valence-electron chi connectivity index (χ4n) is 1.90. The van der Waals surface area contributed by atoms with Crippen LogP contribution in [0.2, 0.25) is 0 Å². The molecule has 0 N–H and O–H groups in total. The molecule has 2 rings (SSSR count). The molecule has 1 aliphatic heterocycles. The standard InChI is InChI=1S/C11H11FN2O2S/c12-10-4-3-5-11(9(10)8-13)17(15,16)14-6-1-2-7-14/h3-5H,1-2,6-7H2. The van der Waals surface area contributed by atoms with Crippen molar-refractivity contribution < 1.29 is 12.8 Å². The molecular formula is C11H11FN2O2S. The van der Waals surface area contributed by atoms with Gasteiger partial charge in [0.1, 0.15) is 22.3 Å². The van der Waals surface area contributed by atoms with E-state index in [9.17, 15) is 12.8 Å². The summed E-state index contributed by atoms with van der Waals surface area (Å²) in [7, 11) is -3.73. The van der Waals surface area contributed by atoms with Crippen LogP contribution in [0.25, 0.3) is 0 Å². The highest BCUT2D eigenvalue weighted by molar-refractivity contribution is 7.89. The number of benzene rings is 1. The molecule has 90 valence electrons. The monoisotopic (exact) mass is 254 g/mol. The molecule has 0 spiro atoms. The average Bonchev–Trinajstić information content (AvgIpc) is 2.82. The number of halogens is 1. The van der Waals surface area contributed by atoms with E-state index in [1.807, 2.05) is 0 Å². The Hall–Kier alpha value is -1.45. The maximum absolute atomic E-state index is 13.4. The van der Waals surface area contributed by atoms with E-state index in [-0.39, 0.29) is 4.90 Å². The number of sulfonamides is 1. The summed E-state index contributed by atoms with van der Waals surface area (Å²) < 4.78 is 39.0. The van der Waals surface area contributed by atoms with E-state index in [0.717, 1.165) is 18.9 Å². The SMILES string of the molecule is N#Cc1c(F)cccc1S(=O)(=O)N1CCCC1. The van der Waals surface area contributed by atoms with E-state index in [1.165, 1.54) is 16.4 Å². The molecule has 0 aromatic heterocycles. The third-order valence-electron chi connectivity index (χ3n) is 2.77. The van der Waals surface area contributed by atoms with Crippen molar-refractivity contribution >= 4 is 10.0 Å². The van der Waals surface area contributed by atoms with Gasteiger partial charge in [-0.1, -0.05) is 6.07 Å². The second-order valence-electron chi connectivity index (χ2n) is 3.84. The van der Waals surface area contributed by atoms with Crippen LogP contribution in [0.5, 0.6) is 0 Å². The van der Waals surface area contributed by atoms with Gasteiger partial charge in [-0.25, -0.2) is 12.8 Å². The molecule has 1 fully saturated rings. The molecule has 17 heavy (non-hydrogen) atoms. The molecule has 1 aromatic rings. The summed E-state index contributed by atoms with van der Waals surface area (Å²) in [5.41, 5.74) is -0.403. The zero-order valence-electron chi connectivity index (χ0n) is 9.06. The lowest BCUT2D eigenvalue weighted by Crippen LogP contribution is -2.28. The highest BCUT2D eigenvalue weighted by atomic mass is 32.2. The molecule has 1 aliphatic rings. The van der Waals surface area contributed by atoms with Gasteiger partial charge in [-0.2, -0.15) is 9.57 Å². The Kier molecular flexibility index (Phi) is 3.13. The molecule has 1 saturated heterocycles. The fraction of sp³-hybridized carbons (Fsp3) is 0.364. The minimum Gasteiger partial charge on any atom is -0.207 e. The fourth-order valence-corrected chi connectivity index (χ4v) is 3.56. The van der Waals surface area contributed by atoms with E-state index in [1.54, 1.807) is 6.07 Å². The van der Waals surface area contributed by atoms with Crippen molar-refractivity contribution in [2.45, 2.75) is 17.7 Å². The Morgan fingerprint density at radius 2 is 1.94 bits per heavy atom. The lowest BCUT2D eigenvalue weighted by atomic mass is 10.2. The number of hydrogen-bond acceptors (Lipinski definition) is 3. The Bertz CT molecular complexity index is 572. The lowest BCUT2D eigenvalue weighted by Gasteiger charge is -2.16. The van der Waals surface area contributed by atoms with Gasteiger partial charge in [0.2, 0.25) is 10.0 Å². The van der Waals surface area contributed by atoms with Crippen LogP contribution in [0, 0.1) is 17.1 Å². The normalized spacial score (nSPS) is 16.9. The minimum atomic E-state index is -3.73. The van der Waals surface area contributed by atoms with E-state index in [4.69, 9.17) is 5.26 Å². The van der Waals surface area contributed by atoms with Crippen molar-refractivity contribution in [1.82, 2.24) is 4.31 Å². The van der Waals surface area contributed by atoms with Crippen molar-refractivity contribution in [3.05, 3.63) is 29.6 Å². The summed E-state index contributed by atoms with van der Waals surface area (Å²) in [6, 6.07) is 5.28. The highest BCUT2D eigenvalue weighted by Crippen LogP contribution is 2.24. The highest BCUT2D eigenvalue weighted by Gasteiger charge is 2.30. The first-order chi connectivity index (χ1) is 8.07. The predicted octanol–water partition coefficient (Wildman–Crippen LogP) is 1.48. The van der Waals surface area contributed by atoms with E-state index in [0.29, 0.717) is 13.1 Å². The van der Waals surface area contributed by atoms with Crippen molar-refractivity contribution in [1.29, 1.82) is 5.26 Å². The molecule has 6 heteroatoms. The van der Waals surface area contributed by atoms with Crippen LogP contribution < -0.4 is 0 Å². The van der Waals surface area contributed by atoms with Crippen LogP contribution in [0.4, 0.5) is 4.39 Å². The summed E-state index contributed by atoms with van der Waals surface area (Å²) in [5.74, 6) is -0.798. The van der Waals surface area contributed by atoms with Gasteiger partial charge >= 0.3 is 0 Å². The quantitative estimate of drug-likeness (QED) is 0.803. The molecule has 1 heterocycles. The van der Waals surface area contributed by atoms with Crippen LogP contribution in [-0.4, -0.2) is 25.8 Å². The first-order valence-corrected chi connectivity index (χ1v) is 6.70. The van der Waals surface area contributed by atoms with Gasteiger partial charge in [0.05, 0.1) is 0 Å². The van der Waals surface area contributed by atoms with E-state index < -0.39 is 21.4 Å². The second-order valence-corrected chi connectivity index (χ2v) is 5.74. The van der Waals surface area contributed by atoms with Crippen molar-refractivity contribution in [3.63, 3.8) is 0 Å². The maximum Gasteiger partial charge on any atom is 0.244 e. The van der Waals surface area contributed by atoms with Gasteiger partial charge in [-0.05, 0) is 25.0 Å². The molecule has 1 aromatic carbocycles. The molecule has 0 unspecified atom stereocenters. The second kappa shape index (κ2) is 4.43. The van der Waals surface area contributed by atoms with Crippen molar-refractivity contribution in [2.75, 3.05) is 13.1 Å². The smallest absolute Gasteiger partial charge is 0.207 e. The summed E-state index contributed by atoms with van der Waals surface area (Å²) in [6.07, 6.45) is 1.60. The Morgan fingerprint density at radius 3 is 2.53 bits per heavy atom. The Morgan fingerprint density at radius 1 is 1.29 bits per heavy atom. The topological polar surface area (TPSA) is 61.2 Å². The summed E-state index contributed by atoms with van der Waals surface area (Å²) in [6.45, 7) is 0.868. The van der Waals surface area contributed by atoms with Crippen molar-refractivity contribution in [3.8, 4) is 6.07 Å². The number of nitriles is 1. The summed E-state index contributed by atoms with van der Waals surface area (Å²) >= 11 is 0. The largest absolute Gasteiger partial charge is 0.244 e. The van der Waals surface area contributed by atoms with Gasteiger partial charge in [0, 0.05) is 13.1 Å². The third kappa shape index (κ3) is 2.04. The van der Waals surface area contributed by atoms with Gasteiger partial charge in [-0.15, -0.1) is 0 Å². The molecule has 0 bridgehead atoms. The first kappa shape index (κ1) is 12.0. The zero-order valence-corrected chi connectivity index (χ0v) is 9.87. The van der Waals surface area contributed by atoms with Crippen molar-refractivity contribution in [2.24, 2.45) is 0 Å². The van der Waals surface area contributed by atoms with Crippen LogP contribution in [0.1, 0.15) is 18.4 Å². The van der Waals surface area contributed by atoms with Gasteiger partial charge in [0.25, 0.3) is 0 Å². The first-order valence-electron chi connectivity index (χ1n) is 5.26. The third-order valence-corrected chi connectivity index (χ3v) is 4.71. The molecule has 0 aliphatic carbocycles. The zero-order chi connectivity index (χ0) is 12.5. The molecule has 0 saturated carbocycles. The summed E-state index contributed by atoms with van der Waals surface area (Å²) in [4.78, 5) is -0.234. The summed E-state index contributed by atoms with van der Waals surface area (Å²) in [5, 5.41) is 8.83.